The molecule has 3 aromatic rings. The third-order valence-corrected chi connectivity index (χ3v) is 5.41. The number of benzene rings is 1. The highest BCUT2D eigenvalue weighted by atomic mass is 19.1. The van der Waals surface area contributed by atoms with Crippen molar-refractivity contribution in [2.45, 2.75) is 25.1 Å². The van der Waals surface area contributed by atoms with Crippen molar-refractivity contribution in [2.24, 2.45) is 7.05 Å². The molecule has 1 saturated heterocycles. The van der Waals surface area contributed by atoms with Crippen LogP contribution in [0.15, 0.2) is 48.8 Å². The molecule has 146 valence electrons. The number of rotatable bonds is 4. The van der Waals surface area contributed by atoms with Gasteiger partial charge in [-0.3, -0.25) is 14.7 Å². The molecular formula is C21H23FN4O2. The number of aliphatic hydroxyl groups excluding tert-OH is 1. The largest absolute Gasteiger partial charge is 0.390 e. The lowest BCUT2D eigenvalue weighted by molar-refractivity contribution is 0.0343. The number of hydrogen-bond donors (Lipinski definition) is 2. The number of halogens is 1. The molecule has 1 fully saturated rings. The molecule has 1 aromatic carbocycles. The number of carbonyl (C=O) groups excluding carboxylic acids is 1. The number of β-amino-alcohol motifs (C(OH)–C–C–N with tert-alkyl or cyclic N) is 1. The van der Waals surface area contributed by atoms with Gasteiger partial charge in [0.05, 0.1) is 12.1 Å². The Morgan fingerprint density at radius 2 is 2.07 bits per heavy atom. The van der Waals surface area contributed by atoms with Crippen LogP contribution in [0.5, 0.6) is 0 Å². The SMILES string of the molecule is Cn1c(CN2CC[C@@H](NC(=O)c3ccncc3)[C@H](O)C2)cc2cc(F)ccc21. The van der Waals surface area contributed by atoms with E-state index in [9.17, 15) is 14.3 Å². The van der Waals surface area contributed by atoms with Crippen LogP contribution >= 0.6 is 0 Å². The van der Waals surface area contributed by atoms with E-state index >= 15 is 0 Å². The van der Waals surface area contributed by atoms with Gasteiger partial charge in [-0.15, -0.1) is 0 Å². The van der Waals surface area contributed by atoms with Crippen molar-refractivity contribution < 1.29 is 14.3 Å². The predicted octanol–water partition coefficient (Wildman–Crippen LogP) is 2.08. The minimum absolute atomic E-state index is 0.199. The first-order chi connectivity index (χ1) is 13.5. The number of hydrogen-bond acceptors (Lipinski definition) is 4. The quantitative estimate of drug-likeness (QED) is 0.725. The van der Waals surface area contributed by atoms with E-state index in [1.54, 1.807) is 30.6 Å². The zero-order valence-electron chi connectivity index (χ0n) is 15.7. The third-order valence-electron chi connectivity index (χ3n) is 5.41. The number of fused-ring (bicyclic) bond motifs is 1. The molecular weight excluding hydrogens is 359 g/mol. The summed E-state index contributed by atoms with van der Waals surface area (Å²) in [4.78, 5) is 18.4. The van der Waals surface area contributed by atoms with E-state index in [0.717, 1.165) is 23.1 Å². The molecule has 1 aliphatic heterocycles. The second-order valence-electron chi connectivity index (χ2n) is 7.30. The Bertz CT molecular complexity index is 989. The number of aliphatic hydroxyl groups is 1. The van der Waals surface area contributed by atoms with Gasteiger partial charge in [0.25, 0.3) is 5.91 Å². The van der Waals surface area contributed by atoms with Gasteiger partial charge in [0.15, 0.2) is 0 Å². The van der Waals surface area contributed by atoms with E-state index < -0.39 is 6.10 Å². The maximum Gasteiger partial charge on any atom is 0.251 e. The predicted molar refractivity (Wildman–Crippen MR) is 104 cm³/mol. The maximum absolute atomic E-state index is 13.5. The summed E-state index contributed by atoms with van der Waals surface area (Å²) in [7, 11) is 1.97. The van der Waals surface area contributed by atoms with E-state index in [1.165, 1.54) is 12.1 Å². The first-order valence-electron chi connectivity index (χ1n) is 9.36. The van der Waals surface area contributed by atoms with Crippen molar-refractivity contribution in [1.29, 1.82) is 0 Å². The van der Waals surface area contributed by atoms with E-state index in [2.05, 4.69) is 19.8 Å². The fourth-order valence-electron chi connectivity index (χ4n) is 3.82. The Hall–Kier alpha value is -2.77. The summed E-state index contributed by atoms with van der Waals surface area (Å²) >= 11 is 0. The molecule has 7 heteroatoms. The Kier molecular flexibility index (Phi) is 5.11. The van der Waals surface area contributed by atoms with E-state index in [1.807, 2.05) is 13.1 Å². The van der Waals surface area contributed by atoms with Gasteiger partial charge in [-0.05, 0) is 42.8 Å². The lowest BCUT2D eigenvalue weighted by Gasteiger charge is -2.36. The summed E-state index contributed by atoms with van der Waals surface area (Å²) in [6.45, 7) is 1.89. The minimum atomic E-state index is -0.647. The summed E-state index contributed by atoms with van der Waals surface area (Å²) in [5.74, 6) is -0.443. The first-order valence-corrected chi connectivity index (χ1v) is 9.36. The number of carbonyl (C=O) groups is 1. The molecule has 3 heterocycles. The van der Waals surface area contributed by atoms with Crippen LogP contribution in [-0.4, -0.2) is 50.7 Å². The maximum atomic E-state index is 13.5. The molecule has 1 aliphatic rings. The van der Waals surface area contributed by atoms with Crippen molar-refractivity contribution >= 4 is 16.8 Å². The molecule has 0 aliphatic carbocycles. The number of likely N-dealkylation sites (tertiary alicyclic amines) is 1. The average molecular weight is 382 g/mol. The van der Waals surface area contributed by atoms with E-state index in [4.69, 9.17) is 0 Å². The molecule has 0 spiro atoms. The van der Waals surface area contributed by atoms with Crippen molar-refractivity contribution in [3.8, 4) is 0 Å². The number of nitrogens with zero attached hydrogens (tertiary/aromatic N) is 3. The number of aromatic nitrogens is 2. The number of nitrogens with one attached hydrogen (secondary N) is 1. The van der Waals surface area contributed by atoms with Gasteiger partial charge in [-0.1, -0.05) is 0 Å². The lowest BCUT2D eigenvalue weighted by Crippen LogP contribution is -2.53. The monoisotopic (exact) mass is 382 g/mol. The Labute approximate surface area is 162 Å². The summed E-state index contributed by atoms with van der Waals surface area (Å²) in [5.41, 5.74) is 2.58. The molecule has 28 heavy (non-hydrogen) atoms. The lowest BCUT2D eigenvalue weighted by atomic mass is 10.0. The molecule has 0 bridgehead atoms. The standard InChI is InChI=1S/C21H23FN4O2/c1-25-17(11-15-10-16(22)2-3-19(15)25)12-26-9-6-18(20(27)13-26)24-21(28)14-4-7-23-8-5-14/h2-5,7-8,10-11,18,20,27H,6,9,12-13H2,1H3,(H,24,28)/t18-,20-/m1/s1. The molecule has 6 nitrogen and oxygen atoms in total. The zero-order valence-corrected chi connectivity index (χ0v) is 15.7. The van der Waals surface area contributed by atoms with Crippen molar-refractivity contribution in [2.75, 3.05) is 13.1 Å². The van der Waals surface area contributed by atoms with Gasteiger partial charge >= 0.3 is 0 Å². The Morgan fingerprint density at radius 3 is 2.82 bits per heavy atom. The number of pyridine rings is 1. The minimum Gasteiger partial charge on any atom is -0.390 e. The van der Waals surface area contributed by atoms with Crippen molar-refractivity contribution in [3.05, 3.63) is 65.9 Å². The molecule has 0 saturated carbocycles. The molecule has 1 amide bonds. The Morgan fingerprint density at radius 1 is 1.29 bits per heavy atom. The zero-order chi connectivity index (χ0) is 19.7. The second kappa shape index (κ2) is 7.69. The molecule has 0 radical (unpaired) electrons. The molecule has 2 N–H and O–H groups in total. The third kappa shape index (κ3) is 3.76. The van der Waals surface area contributed by atoms with Gasteiger partial charge in [0.2, 0.25) is 0 Å². The number of aryl methyl sites for hydroxylation is 1. The average Bonchev–Trinajstić information content (AvgIpc) is 2.99. The fraction of sp³-hybridized carbons (Fsp3) is 0.333. The van der Waals surface area contributed by atoms with Crippen LogP contribution in [0.1, 0.15) is 22.5 Å². The van der Waals surface area contributed by atoms with Gasteiger partial charge in [0, 0.05) is 61.2 Å². The normalized spacial score (nSPS) is 20.4. The van der Waals surface area contributed by atoms with Gasteiger partial charge in [0.1, 0.15) is 5.82 Å². The highest BCUT2D eigenvalue weighted by Gasteiger charge is 2.29. The molecule has 0 unspecified atom stereocenters. The summed E-state index contributed by atoms with van der Waals surface area (Å²) < 4.78 is 15.5. The second-order valence-corrected chi connectivity index (χ2v) is 7.30. The van der Waals surface area contributed by atoms with Crippen molar-refractivity contribution in [3.63, 3.8) is 0 Å². The van der Waals surface area contributed by atoms with Crippen molar-refractivity contribution in [1.82, 2.24) is 19.8 Å². The van der Waals surface area contributed by atoms with E-state index in [0.29, 0.717) is 25.1 Å². The van der Waals surface area contributed by atoms with Crippen LogP contribution in [0, 0.1) is 5.82 Å². The van der Waals surface area contributed by atoms with Crippen LogP contribution in [0.2, 0.25) is 0 Å². The smallest absolute Gasteiger partial charge is 0.251 e. The topological polar surface area (TPSA) is 70.4 Å². The van der Waals surface area contributed by atoms with E-state index in [-0.39, 0.29) is 17.8 Å². The molecule has 4 rings (SSSR count). The van der Waals surface area contributed by atoms with Crippen LogP contribution in [0.25, 0.3) is 10.9 Å². The van der Waals surface area contributed by atoms with Crippen LogP contribution in [0.3, 0.4) is 0 Å². The van der Waals surface area contributed by atoms with Gasteiger partial charge in [-0.25, -0.2) is 4.39 Å². The number of amides is 1. The first kappa shape index (κ1) is 18.6. The molecule has 2 atom stereocenters. The number of piperidine rings is 1. The highest BCUT2D eigenvalue weighted by molar-refractivity contribution is 5.94. The van der Waals surface area contributed by atoms with Crippen LogP contribution < -0.4 is 5.32 Å². The summed E-state index contributed by atoms with van der Waals surface area (Å²) in [6.07, 6.45) is 3.16. The highest BCUT2D eigenvalue weighted by Crippen LogP contribution is 2.22. The van der Waals surface area contributed by atoms with Gasteiger partial charge < -0.3 is 15.0 Å². The summed E-state index contributed by atoms with van der Waals surface area (Å²) in [6, 6.07) is 9.80. The van der Waals surface area contributed by atoms with Crippen LogP contribution in [0.4, 0.5) is 4.39 Å². The summed E-state index contributed by atoms with van der Waals surface area (Å²) in [5, 5.41) is 14.3. The molecule has 2 aromatic heterocycles. The fourth-order valence-corrected chi connectivity index (χ4v) is 3.82. The van der Waals surface area contributed by atoms with Gasteiger partial charge in [-0.2, -0.15) is 0 Å². The van der Waals surface area contributed by atoms with Crippen LogP contribution in [-0.2, 0) is 13.6 Å². The Balaban J connectivity index is 1.39.